The summed E-state index contributed by atoms with van der Waals surface area (Å²) in [5.41, 5.74) is 2.69. The minimum atomic E-state index is -0.404. The highest BCUT2D eigenvalue weighted by molar-refractivity contribution is 5.94. The Morgan fingerprint density at radius 2 is 2.33 bits per heavy atom. The second-order valence-electron chi connectivity index (χ2n) is 4.64. The molecule has 1 aliphatic rings. The first kappa shape index (κ1) is 13.2. The average Bonchev–Trinajstić information content (AvgIpc) is 3.16. The molecular formula is C14H14N4O3. The van der Waals surface area contributed by atoms with Crippen LogP contribution >= 0.6 is 0 Å². The molecule has 0 aliphatic carbocycles. The van der Waals surface area contributed by atoms with Crippen LogP contribution in [0.25, 0.3) is 11.1 Å². The van der Waals surface area contributed by atoms with Crippen molar-refractivity contribution in [3.05, 3.63) is 42.6 Å². The molecule has 0 atom stereocenters. The van der Waals surface area contributed by atoms with E-state index < -0.39 is 6.03 Å². The van der Waals surface area contributed by atoms with Gasteiger partial charge in [-0.2, -0.15) is 0 Å². The van der Waals surface area contributed by atoms with Crippen LogP contribution in [0.3, 0.4) is 0 Å². The third kappa shape index (κ3) is 2.86. The molecule has 0 bridgehead atoms. The Kier molecular flexibility index (Phi) is 3.55. The van der Waals surface area contributed by atoms with Gasteiger partial charge in [0.05, 0.1) is 12.5 Å². The third-order valence-corrected chi connectivity index (χ3v) is 3.20. The van der Waals surface area contributed by atoms with Gasteiger partial charge in [-0.05, 0) is 17.7 Å². The first-order chi connectivity index (χ1) is 10.2. The van der Waals surface area contributed by atoms with Crippen molar-refractivity contribution in [2.75, 3.05) is 13.1 Å². The lowest BCUT2D eigenvalue weighted by atomic mass is 10.1. The molecule has 1 saturated heterocycles. The smallest absolute Gasteiger partial charge is 0.325 e. The number of hydrogen-bond acceptors (Lipinski definition) is 4. The van der Waals surface area contributed by atoms with Crippen molar-refractivity contribution < 1.29 is 14.0 Å². The van der Waals surface area contributed by atoms with Crippen LogP contribution in [0.4, 0.5) is 9.59 Å². The summed E-state index contributed by atoms with van der Waals surface area (Å²) >= 11 is 0. The molecule has 0 saturated carbocycles. The van der Waals surface area contributed by atoms with Crippen LogP contribution in [0.2, 0.25) is 0 Å². The van der Waals surface area contributed by atoms with Crippen LogP contribution in [-0.2, 0) is 6.54 Å². The van der Waals surface area contributed by atoms with Crippen molar-refractivity contribution >= 4 is 12.1 Å². The average molecular weight is 286 g/mol. The summed E-state index contributed by atoms with van der Waals surface area (Å²) in [5, 5.41) is 5.29. The van der Waals surface area contributed by atoms with Crippen molar-refractivity contribution in [3.63, 3.8) is 0 Å². The number of amides is 4. The molecule has 2 aromatic rings. The number of carbonyl (C=O) groups is 2. The maximum absolute atomic E-state index is 11.9. The minimum absolute atomic E-state index is 0.307. The van der Waals surface area contributed by atoms with Crippen LogP contribution in [-0.4, -0.2) is 35.0 Å². The number of aromatic nitrogens is 1. The fourth-order valence-corrected chi connectivity index (χ4v) is 2.11. The summed E-state index contributed by atoms with van der Waals surface area (Å²) in [6.45, 7) is 1.18. The van der Waals surface area contributed by atoms with Gasteiger partial charge in [0.15, 0.2) is 0 Å². The Morgan fingerprint density at radius 3 is 3.05 bits per heavy atom. The van der Waals surface area contributed by atoms with Crippen LogP contribution in [0.5, 0.6) is 0 Å². The van der Waals surface area contributed by atoms with E-state index in [4.69, 9.17) is 4.42 Å². The molecule has 21 heavy (non-hydrogen) atoms. The number of urea groups is 2. The molecule has 7 nitrogen and oxygen atoms in total. The monoisotopic (exact) mass is 286 g/mol. The van der Waals surface area contributed by atoms with E-state index in [9.17, 15) is 9.59 Å². The van der Waals surface area contributed by atoms with E-state index in [1.54, 1.807) is 24.9 Å². The standard InChI is InChI=1S/C14H14N4O3/c19-13-16-2-3-18(13)14(20)17-7-10-5-12(8-15-6-10)11-1-4-21-9-11/h1,4-6,8-9H,2-3,7H2,(H,16,19)(H,17,20). The summed E-state index contributed by atoms with van der Waals surface area (Å²) in [6.07, 6.45) is 6.63. The number of pyridine rings is 1. The lowest BCUT2D eigenvalue weighted by Crippen LogP contribution is -2.41. The molecule has 2 N–H and O–H groups in total. The van der Waals surface area contributed by atoms with Gasteiger partial charge in [0.1, 0.15) is 0 Å². The lowest BCUT2D eigenvalue weighted by Gasteiger charge is -2.13. The van der Waals surface area contributed by atoms with Crippen molar-refractivity contribution in [3.8, 4) is 11.1 Å². The summed E-state index contributed by atoms with van der Waals surface area (Å²) in [7, 11) is 0. The number of nitrogens with zero attached hydrogens (tertiary/aromatic N) is 2. The van der Waals surface area contributed by atoms with E-state index in [1.165, 1.54) is 0 Å². The van der Waals surface area contributed by atoms with E-state index in [1.807, 2.05) is 12.1 Å². The normalized spacial score (nSPS) is 14.1. The largest absolute Gasteiger partial charge is 0.472 e. The number of furan rings is 1. The molecule has 0 radical (unpaired) electrons. The summed E-state index contributed by atoms with van der Waals surface area (Å²) in [6, 6.07) is 2.99. The topological polar surface area (TPSA) is 87.5 Å². The highest BCUT2D eigenvalue weighted by atomic mass is 16.3. The Hall–Kier alpha value is -2.83. The zero-order valence-corrected chi connectivity index (χ0v) is 11.2. The van der Waals surface area contributed by atoms with Gasteiger partial charge in [0, 0.05) is 43.2 Å². The van der Waals surface area contributed by atoms with Gasteiger partial charge in [-0.15, -0.1) is 0 Å². The molecule has 3 heterocycles. The van der Waals surface area contributed by atoms with Gasteiger partial charge in [-0.3, -0.25) is 4.98 Å². The summed E-state index contributed by atoms with van der Waals surface area (Å²) in [4.78, 5) is 28.5. The molecule has 0 unspecified atom stereocenters. The highest BCUT2D eigenvalue weighted by Gasteiger charge is 2.25. The van der Waals surface area contributed by atoms with Gasteiger partial charge in [0.25, 0.3) is 0 Å². The molecule has 3 rings (SSSR count). The molecule has 0 spiro atoms. The van der Waals surface area contributed by atoms with Crippen molar-refractivity contribution in [1.29, 1.82) is 0 Å². The number of carbonyl (C=O) groups excluding carboxylic acids is 2. The maximum atomic E-state index is 11.9. The second-order valence-corrected chi connectivity index (χ2v) is 4.64. The van der Waals surface area contributed by atoms with Crippen molar-refractivity contribution in [2.45, 2.75) is 6.54 Å². The van der Waals surface area contributed by atoms with Crippen molar-refractivity contribution in [1.82, 2.24) is 20.5 Å². The molecular weight excluding hydrogens is 272 g/mol. The number of rotatable bonds is 3. The van der Waals surface area contributed by atoms with Gasteiger partial charge in [0.2, 0.25) is 0 Å². The lowest BCUT2D eigenvalue weighted by molar-refractivity contribution is 0.198. The fourth-order valence-electron chi connectivity index (χ4n) is 2.11. The predicted octanol–water partition coefficient (Wildman–Crippen LogP) is 1.58. The van der Waals surface area contributed by atoms with Crippen molar-refractivity contribution in [2.24, 2.45) is 0 Å². The van der Waals surface area contributed by atoms with Gasteiger partial charge in [-0.25, -0.2) is 14.5 Å². The van der Waals surface area contributed by atoms with E-state index in [0.29, 0.717) is 19.6 Å². The van der Waals surface area contributed by atoms with Crippen LogP contribution in [0.1, 0.15) is 5.56 Å². The summed E-state index contributed by atoms with van der Waals surface area (Å²) < 4.78 is 5.04. The number of imide groups is 1. The zero-order chi connectivity index (χ0) is 14.7. The molecule has 4 amide bonds. The SMILES string of the molecule is O=C1NCCN1C(=O)NCc1cncc(-c2ccoc2)c1. The fraction of sp³-hybridized carbons (Fsp3) is 0.214. The molecule has 7 heteroatoms. The van der Waals surface area contributed by atoms with Crippen LogP contribution < -0.4 is 10.6 Å². The van der Waals surface area contributed by atoms with E-state index in [2.05, 4.69) is 15.6 Å². The van der Waals surface area contributed by atoms with E-state index >= 15 is 0 Å². The Labute approximate surface area is 121 Å². The Bertz CT molecular complexity index is 654. The zero-order valence-electron chi connectivity index (χ0n) is 11.2. The number of nitrogens with one attached hydrogen (secondary N) is 2. The van der Waals surface area contributed by atoms with Gasteiger partial charge >= 0.3 is 12.1 Å². The second kappa shape index (κ2) is 5.66. The minimum Gasteiger partial charge on any atom is -0.472 e. The third-order valence-electron chi connectivity index (χ3n) is 3.20. The predicted molar refractivity (Wildman–Crippen MR) is 74.3 cm³/mol. The van der Waals surface area contributed by atoms with Crippen LogP contribution in [0, 0.1) is 0 Å². The maximum Gasteiger partial charge on any atom is 0.325 e. The first-order valence-electron chi connectivity index (χ1n) is 6.54. The quantitative estimate of drug-likeness (QED) is 0.896. The summed E-state index contributed by atoms with van der Waals surface area (Å²) in [5.74, 6) is 0. The molecule has 108 valence electrons. The Morgan fingerprint density at radius 1 is 1.43 bits per heavy atom. The number of hydrogen-bond donors (Lipinski definition) is 2. The van der Waals surface area contributed by atoms with Crippen LogP contribution in [0.15, 0.2) is 41.5 Å². The molecule has 1 aliphatic heterocycles. The van der Waals surface area contributed by atoms with Gasteiger partial charge < -0.3 is 15.1 Å². The highest BCUT2D eigenvalue weighted by Crippen LogP contribution is 2.19. The first-order valence-corrected chi connectivity index (χ1v) is 6.54. The van der Waals surface area contributed by atoms with E-state index in [0.717, 1.165) is 21.6 Å². The Balaban J connectivity index is 1.64. The van der Waals surface area contributed by atoms with Gasteiger partial charge in [-0.1, -0.05) is 0 Å². The molecule has 0 aromatic carbocycles. The van der Waals surface area contributed by atoms with E-state index in [-0.39, 0.29) is 6.03 Å². The molecule has 2 aromatic heterocycles. The molecule has 1 fully saturated rings.